The standard InChI is InChI=1S/C12H10FN3O4S/c13-9-5-8(21(14,19)20)2-3-10(9)16-12(18)7-1-4-11(17)15-6-7/h1-6H,(H,15,17)(H,16,18)(H2,14,19,20). The lowest BCUT2D eigenvalue weighted by atomic mass is 10.2. The van der Waals surface area contributed by atoms with E-state index < -0.39 is 26.6 Å². The van der Waals surface area contributed by atoms with Crippen LogP contribution in [0, 0.1) is 5.82 Å². The van der Waals surface area contributed by atoms with E-state index in [2.05, 4.69) is 10.3 Å². The van der Waals surface area contributed by atoms with E-state index in [1.165, 1.54) is 12.3 Å². The number of benzene rings is 1. The fraction of sp³-hybridized carbons (Fsp3) is 0. The molecule has 4 N–H and O–H groups in total. The molecule has 0 saturated carbocycles. The Morgan fingerprint density at radius 1 is 1.24 bits per heavy atom. The average Bonchev–Trinajstić information content (AvgIpc) is 2.40. The number of carbonyl (C=O) groups is 1. The fourth-order valence-corrected chi connectivity index (χ4v) is 2.05. The van der Waals surface area contributed by atoms with Crippen LogP contribution in [-0.2, 0) is 10.0 Å². The third kappa shape index (κ3) is 3.52. The molecule has 0 bridgehead atoms. The van der Waals surface area contributed by atoms with E-state index in [0.717, 1.165) is 18.2 Å². The van der Waals surface area contributed by atoms with Gasteiger partial charge < -0.3 is 10.3 Å². The zero-order chi connectivity index (χ0) is 15.6. The molecule has 0 aliphatic rings. The number of carbonyl (C=O) groups excluding carboxylic acids is 1. The molecule has 9 heteroatoms. The maximum Gasteiger partial charge on any atom is 0.257 e. The van der Waals surface area contributed by atoms with E-state index in [1.807, 2.05) is 0 Å². The van der Waals surface area contributed by atoms with Crippen LogP contribution in [0.5, 0.6) is 0 Å². The maximum atomic E-state index is 13.7. The van der Waals surface area contributed by atoms with Gasteiger partial charge in [0.15, 0.2) is 0 Å². The third-order valence-corrected chi connectivity index (χ3v) is 3.47. The number of aromatic amines is 1. The fourth-order valence-electron chi connectivity index (χ4n) is 1.52. The molecule has 0 aliphatic carbocycles. The van der Waals surface area contributed by atoms with Crippen LogP contribution in [0.4, 0.5) is 10.1 Å². The van der Waals surface area contributed by atoms with Crippen molar-refractivity contribution in [3.8, 4) is 0 Å². The molecule has 1 amide bonds. The Kier molecular flexibility index (Phi) is 3.87. The summed E-state index contributed by atoms with van der Waals surface area (Å²) in [5.74, 6) is -1.60. The van der Waals surface area contributed by atoms with Gasteiger partial charge in [-0.3, -0.25) is 9.59 Å². The van der Waals surface area contributed by atoms with Crippen molar-refractivity contribution in [2.24, 2.45) is 5.14 Å². The van der Waals surface area contributed by atoms with E-state index in [9.17, 15) is 22.4 Å². The van der Waals surface area contributed by atoms with Crippen LogP contribution in [0.3, 0.4) is 0 Å². The van der Waals surface area contributed by atoms with Crippen LogP contribution in [0.1, 0.15) is 10.4 Å². The predicted octanol–water partition coefficient (Wildman–Crippen LogP) is 0.414. The van der Waals surface area contributed by atoms with E-state index >= 15 is 0 Å². The zero-order valence-corrected chi connectivity index (χ0v) is 11.3. The summed E-state index contributed by atoms with van der Waals surface area (Å²) in [6.45, 7) is 0. The molecular formula is C12H10FN3O4S. The second-order valence-corrected chi connectivity index (χ2v) is 5.64. The summed E-state index contributed by atoms with van der Waals surface area (Å²) in [6.07, 6.45) is 1.17. The molecule has 7 nitrogen and oxygen atoms in total. The topological polar surface area (TPSA) is 122 Å². The number of hydrogen-bond donors (Lipinski definition) is 3. The highest BCUT2D eigenvalue weighted by Crippen LogP contribution is 2.18. The first-order valence-electron chi connectivity index (χ1n) is 5.60. The van der Waals surface area contributed by atoms with Crippen molar-refractivity contribution in [3.63, 3.8) is 0 Å². The summed E-state index contributed by atoms with van der Waals surface area (Å²) in [5.41, 5.74) is -0.474. The van der Waals surface area contributed by atoms with Gasteiger partial charge in [-0.05, 0) is 24.3 Å². The summed E-state index contributed by atoms with van der Waals surface area (Å²) < 4.78 is 35.9. The van der Waals surface area contributed by atoms with Gasteiger partial charge >= 0.3 is 0 Å². The van der Waals surface area contributed by atoms with Gasteiger partial charge in [0.1, 0.15) is 5.82 Å². The maximum absolute atomic E-state index is 13.7. The molecule has 0 fully saturated rings. The molecule has 0 radical (unpaired) electrons. The largest absolute Gasteiger partial charge is 0.328 e. The molecule has 110 valence electrons. The van der Waals surface area contributed by atoms with Crippen LogP contribution in [0.2, 0.25) is 0 Å². The van der Waals surface area contributed by atoms with Gasteiger partial charge in [-0.25, -0.2) is 17.9 Å². The zero-order valence-electron chi connectivity index (χ0n) is 10.5. The van der Waals surface area contributed by atoms with Crippen LogP contribution >= 0.6 is 0 Å². The highest BCUT2D eigenvalue weighted by molar-refractivity contribution is 7.89. The molecule has 21 heavy (non-hydrogen) atoms. The lowest BCUT2D eigenvalue weighted by Crippen LogP contribution is -2.16. The number of primary sulfonamides is 1. The van der Waals surface area contributed by atoms with Crippen molar-refractivity contribution in [1.82, 2.24) is 4.98 Å². The van der Waals surface area contributed by atoms with Gasteiger partial charge in [-0.1, -0.05) is 0 Å². The number of pyridine rings is 1. The van der Waals surface area contributed by atoms with Crippen molar-refractivity contribution >= 4 is 21.6 Å². The number of aromatic nitrogens is 1. The minimum absolute atomic E-state index is 0.115. The van der Waals surface area contributed by atoms with Crippen LogP contribution in [0.25, 0.3) is 0 Å². The number of halogens is 1. The lowest BCUT2D eigenvalue weighted by Gasteiger charge is -2.07. The van der Waals surface area contributed by atoms with Crippen molar-refractivity contribution in [3.05, 3.63) is 58.3 Å². The highest BCUT2D eigenvalue weighted by Gasteiger charge is 2.14. The normalized spacial score (nSPS) is 11.1. The van der Waals surface area contributed by atoms with E-state index in [1.54, 1.807) is 0 Å². The summed E-state index contributed by atoms with van der Waals surface area (Å²) in [4.78, 5) is 24.6. The van der Waals surface area contributed by atoms with Gasteiger partial charge in [-0.15, -0.1) is 0 Å². The molecule has 1 aromatic heterocycles. The minimum atomic E-state index is -4.02. The quantitative estimate of drug-likeness (QED) is 0.760. The average molecular weight is 311 g/mol. The minimum Gasteiger partial charge on any atom is -0.328 e. The molecule has 0 saturated heterocycles. The van der Waals surface area contributed by atoms with E-state index in [4.69, 9.17) is 5.14 Å². The number of sulfonamides is 1. The Balaban J connectivity index is 2.26. The molecule has 2 aromatic rings. The van der Waals surface area contributed by atoms with E-state index in [0.29, 0.717) is 6.07 Å². The van der Waals surface area contributed by atoms with Crippen molar-refractivity contribution in [1.29, 1.82) is 0 Å². The molecule has 0 atom stereocenters. The predicted molar refractivity (Wildman–Crippen MR) is 72.8 cm³/mol. The van der Waals surface area contributed by atoms with Crippen molar-refractivity contribution < 1.29 is 17.6 Å². The number of hydrogen-bond acceptors (Lipinski definition) is 4. The number of nitrogens with one attached hydrogen (secondary N) is 2. The van der Waals surface area contributed by atoms with Crippen LogP contribution < -0.4 is 16.0 Å². The molecule has 2 rings (SSSR count). The Hall–Kier alpha value is -2.52. The third-order valence-electron chi connectivity index (χ3n) is 2.56. The molecular weight excluding hydrogens is 301 g/mol. The molecule has 1 heterocycles. The second-order valence-electron chi connectivity index (χ2n) is 4.08. The first-order chi connectivity index (χ1) is 9.77. The highest BCUT2D eigenvalue weighted by atomic mass is 32.2. The second kappa shape index (κ2) is 5.46. The Morgan fingerprint density at radius 2 is 1.95 bits per heavy atom. The van der Waals surface area contributed by atoms with Gasteiger partial charge in [-0.2, -0.15) is 0 Å². The van der Waals surface area contributed by atoms with Crippen LogP contribution in [-0.4, -0.2) is 19.3 Å². The molecule has 0 unspecified atom stereocenters. The van der Waals surface area contributed by atoms with Gasteiger partial charge in [0.05, 0.1) is 16.1 Å². The number of rotatable bonds is 3. The number of nitrogens with two attached hydrogens (primary N) is 1. The SMILES string of the molecule is NS(=O)(=O)c1ccc(NC(=O)c2ccc(=O)[nH]c2)c(F)c1. The number of H-pyrrole nitrogens is 1. The van der Waals surface area contributed by atoms with Crippen molar-refractivity contribution in [2.45, 2.75) is 4.90 Å². The van der Waals surface area contributed by atoms with Crippen LogP contribution in [0.15, 0.2) is 46.2 Å². The monoisotopic (exact) mass is 311 g/mol. The smallest absolute Gasteiger partial charge is 0.257 e. The lowest BCUT2D eigenvalue weighted by molar-refractivity contribution is 0.102. The van der Waals surface area contributed by atoms with Crippen molar-refractivity contribution in [2.75, 3.05) is 5.32 Å². The van der Waals surface area contributed by atoms with Gasteiger partial charge in [0, 0.05) is 12.3 Å². The summed E-state index contributed by atoms with van der Waals surface area (Å²) in [7, 11) is -4.02. The Morgan fingerprint density at radius 3 is 2.48 bits per heavy atom. The first-order valence-corrected chi connectivity index (χ1v) is 7.14. The van der Waals surface area contributed by atoms with Gasteiger partial charge in [0.25, 0.3) is 5.91 Å². The molecule has 0 aliphatic heterocycles. The summed E-state index contributed by atoms with van der Waals surface area (Å²) in [5, 5.41) is 7.12. The Bertz CT molecular complexity index is 841. The molecule has 1 aromatic carbocycles. The molecule has 0 spiro atoms. The Labute approximate surface area is 118 Å². The van der Waals surface area contributed by atoms with E-state index in [-0.39, 0.29) is 16.8 Å². The number of amides is 1. The first kappa shape index (κ1) is 14.9. The summed E-state index contributed by atoms with van der Waals surface area (Å²) in [6, 6.07) is 5.28. The number of anilines is 1. The summed E-state index contributed by atoms with van der Waals surface area (Å²) >= 11 is 0. The van der Waals surface area contributed by atoms with Gasteiger partial charge in [0.2, 0.25) is 15.6 Å².